The van der Waals surface area contributed by atoms with Crippen LogP contribution < -0.4 is 10.6 Å². The van der Waals surface area contributed by atoms with Crippen molar-refractivity contribution >= 4 is 39.9 Å². The standard InChI is InChI=1S/C25H27N3O5S/c1-17-18(2)34-25(26-17)28-24(31)20-10-6-7-11-21(20)27-22(29)12-14-32-15-13-23(30)33-16-19-8-4-3-5-9-19/h3-11H,12-16H2,1-2H3,(H,27,29)(H,26,28,31). The lowest BCUT2D eigenvalue weighted by Crippen LogP contribution is -2.19. The summed E-state index contributed by atoms with van der Waals surface area (Å²) in [6.07, 6.45) is 0.188. The van der Waals surface area contributed by atoms with E-state index in [2.05, 4.69) is 15.6 Å². The molecule has 0 spiro atoms. The Morgan fingerprint density at radius 1 is 0.912 bits per heavy atom. The second kappa shape index (κ2) is 12.6. The fourth-order valence-electron chi connectivity index (χ4n) is 2.93. The van der Waals surface area contributed by atoms with E-state index < -0.39 is 0 Å². The molecular weight excluding hydrogens is 454 g/mol. The maximum atomic E-state index is 12.7. The van der Waals surface area contributed by atoms with Gasteiger partial charge in [0.05, 0.1) is 43.0 Å². The lowest BCUT2D eigenvalue weighted by atomic mass is 10.1. The first-order chi connectivity index (χ1) is 16.4. The number of para-hydroxylation sites is 1. The van der Waals surface area contributed by atoms with Crippen molar-refractivity contribution in [2.45, 2.75) is 33.3 Å². The molecule has 0 aliphatic rings. The number of carbonyl (C=O) groups excluding carboxylic acids is 3. The summed E-state index contributed by atoms with van der Waals surface area (Å²) < 4.78 is 10.6. The Morgan fingerprint density at radius 3 is 2.35 bits per heavy atom. The number of ether oxygens (including phenoxy) is 2. The molecule has 8 nitrogen and oxygen atoms in total. The average molecular weight is 482 g/mol. The second-order valence-corrected chi connectivity index (χ2v) is 8.67. The van der Waals surface area contributed by atoms with Crippen molar-refractivity contribution in [1.82, 2.24) is 4.98 Å². The van der Waals surface area contributed by atoms with E-state index in [-0.39, 0.29) is 50.4 Å². The summed E-state index contributed by atoms with van der Waals surface area (Å²) in [4.78, 5) is 42.1. The van der Waals surface area contributed by atoms with Crippen LogP contribution in [-0.4, -0.2) is 36.0 Å². The molecule has 2 N–H and O–H groups in total. The van der Waals surface area contributed by atoms with E-state index in [1.165, 1.54) is 11.3 Å². The normalized spacial score (nSPS) is 10.5. The lowest BCUT2D eigenvalue weighted by Gasteiger charge is -2.11. The maximum absolute atomic E-state index is 12.7. The second-order valence-electron chi connectivity index (χ2n) is 7.47. The van der Waals surface area contributed by atoms with Crippen LogP contribution in [0.1, 0.15) is 39.3 Å². The third-order valence-corrected chi connectivity index (χ3v) is 5.85. The molecule has 2 amide bonds. The summed E-state index contributed by atoms with van der Waals surface area (Å²) in [5, 5.41) is 6.03. The molecule has 0 unspecified atom stereocenters. The number of hydrogen-bond acceptors (Lipinski definition) is 7. The highest BCUT2D eigenvalue weighted by Crippen LogP contribution is 2.23. The van der Waals surface area contributed by atoms with E-state index >= 15 is 0 Å². The Labute approximate surface area is 202 Å². The minimum absolute atomic E-state index is 0.0832. The first-order valence-electron chi connectivity index (χ1n) is 10.8. The number of amides is 2. The van der Waals surface area contributed by atoms with Gasteiger partial charge >= 0.3 is 5.97 Å². The zero-order valence-corrected chi connectivity index (χ0v) is 19.9. The topological polar surface area (TPSA) is 107 Å². The first kappa shape index (κ1) is 25.1. The lowest BCUT2D eigenvalue weighted by molar-refractivity contribution is -0.146. The largest absolute Gasteiger partial charge is 0.461 e. The minimum Gasteiger partial charge on any atom is -0.461 e. The maximum Gasteiger partial charge on any atom is 0.308 e. The van der Waals surface area contributed by atoms with Crippen molar-refractivity contribution in [2.75, 3.05) is 23.8 Å². The summed E-state index contributed by atoms with van der Waals surface area (Å²) in [5.41, 5.74) is 2.52. The van der Waals surface area contributed by atoms with E-state index in [1.54, 1.807) is 24.3 Å². The predicted molar refractivity (Wildman–Crippen MR) is 131 cm³/mol. The number of nitrogens with one attached hydrogen (secondary N) is 2. The van der Waals surface area contributed by atoms with Gasteiger partial charge in [-0.25, -0.2) is 4.98 Å². The Morgan fingerprint density at radius 2 is 1.62 bits per heavy atom. The highest BCUT2D eigenvalue weighted by Gasteiger charge is 2.15. The number of aromatic nitrogens is 1. The molecule has 0 atom stereocenters. The molecule has 0 saturated heterocycles. The van der Waals surface area contributed by atoms with E-state index in [0.717, 1.165) is 16.1 Å². The zero-order chi connectivity index (χ0) is 24.3. The Kier molecular flexibility index (Phi) is 9.30. The Hall–Kier alpha value is -3.56. The smallest absolute Gasteiger partial charge is 0.308 e. The molecule has 1 aromatic heterocycles. The zero-order valence-electron chi connectivity index (χ0n) is 19.1. The van der Waals surface area contributed by atoms with Crippen molar-refractivity contribution in [3.63, 3.8) is 0 Å². The fraction of sp³-hybridized carbons (Fsp3) is 0.280. The molecule has 9 heteroatoms. The number of anilines is 2. The number of nitrogens with zero attached hydrogens (tertiary/aromatic N) is 1. The fourth-order valence-corrected chi connectivity index (χ4v) is 3.74. The van der Waals surface area contributed by atoms with Gasteiger partial charge in [-0.3, -0.25) is 19.7 Å². The van der Waals surface area contributed by atoms with E-state index in [1.807, 2.05) is 44.2 Å². The Balaban J connectivity index is 1.38. The van der Waals surface area contributed by atoms with Gasteiger partial charge in [0, 0.05) is 4.88 Å². The summed E-state index contributed by atoms with van der Waals surface area (Å²) >= 11 is 1.40. The molecule has 3 aromatic rings. The van der Waals surface area contributed by atoms with Crippen molar-refractivity contribution in [1.29, 1.82) is 0 Å². The van der Waals surface area contributed by atoms with Crippen LogP contribution in [0.15, 0.2) is 54.6 Å². The molecule has 0 radical (unpaired) electrons. The van der Waals surface area contributed by atoms with Crippen LogP contribution in [0.3, 0.4) is 0 Å². The van der Waals surface area contributed by atoms with Gasteiger partial charge in [-0.2, -0.15) is 0 Å². The number of hydrogen-bond donors (Lipinski definition) is 2. The van der Waals surface area contributed by atoms with Crippen LogP contribution in [-0.2, 0) is 25.7 Å². The third kappa shape index (κ3) is 7.79. The van der Waals surface area contributed by atoms with Crippen LogP contribution in [0.5, 0.6) is 0 Å². The van der Waals surface area contributed by atoms with Gasteiger partial charge in [-0.1, -0.05) is 42.5 Å². The molecule has 178 valence electrons. The van der Waals surface area contributed by atoms with Crippen LogP contribution in [0.25, 0.3) is 0 Å². The van der Waals surface area contributed by atoms with Crippen LogP contribution in [0, 0.1) is 13.8 Å². The average Bonchev–Trinajstić information content (AvgIpc) is 3.14. The van der Waals surface area contributed by atoms with Gasteiger partial charge in [0.2, 0.25) is 5.91 Å². The number of esters is 1. The van der Waals surface area contributed by atoms with Gasteiger partial charge in [0.25, 0.3) is 5.91 Å². The van der Waals surface area contributed by atoms with Crippen molar-refractivity contribution in [3.8, 4) is 0 Å². The van der Waals surface area contributed by atoms with Crippen molar-refractivity contribution in [2.24, 2.45) is 0 Å². The van der Waals surface area contributed by atoms with E-state index in [9.17, 15) is 14.4 Å². The van der Waals surface area contributed by atoms with E-state index in [0.29, 0.717) is 16.4 Å². The van der Waals surface area contributed by atoms with Gasteiger partial charge in [-0.15, -0.1) is 11.3 Å². The van der Waals surface area contributed by atoms with Crippen LogP contribution in [0.2, 0.25) is 0 Å². The van der Waals surface area contributed by atoms with Gasteiger partial charge in [0.1, 0.15) is 6.61 Å². The third-order valence-electron chi connectivity index (χ3n) is 4.86. The predicted octanol–water partition coefficient (Wildman–Crippen LogP) is 4.49. The highest BCUT2D eigenvalue weighted by atomic mass is 32.1. The molecule has 0 saturated carbocycles. The molecule has 1 heterocycles. The quantitative estimate of drug-likeness (QED) is 0.309. The minimum atomic E-state index is -0.362. The summed E-state index contributed by atoms with van der Waals surface area (Å²) in [6.45, 7) is 4.34. The number of thiazole rings is 1. The van der Waals surface area contributed by atoms with E-state index in [4.69, 9.17) is 9.47 Å². The molecule has 0 fully saturated rings. The first-order valence-corrected chi connectivity index (χ1v) is 11.7. The van der Waals surface area contributed by atoms with Crippen LogP contribution in [0.4, 0.5) is 10.8 Å². The molecule has 3 rings (SSSR count). The van der Waals surface area contributed by atoms with Crippen molar-refractivity contribution < 1.29 is 23.9 Å². The molecule has 0 aliphatic carbocycles. The van der Waals surface area contributed by atoms with Crippen molar-refractivity contribution in [3.05, 3.63) is 76.3 Å². The number of benzene rings is 2. The molecule has 0 bridgehead atoms. The summed E-state index contributed by atoms with van der Waals surface area (Å²) in [7, 11) is 0. The summed E-state index contributed by atoms with van der Waals surface area (Å²) in [6, 6.07) is 16.2. The van der Waals surface area contributed by atoms with Gasteiger partial charge in [-0.05, 0) is 31.5 Å². The van der Waals surface area contributed by atoms with Gasteiger partial charge < -0.3 is 14.8 Å². The SMILES string of the molecule is Cc1nc(NC(=O)c2ccccc2NC(=O)CCOCCC(=O)OCc2ccccc2)sc1C. The number of aryl methyl sites for hydroxylation is 2. The Bertz CT molecular complexity index is 1110. The molecule has 34 heavy (non-hydrogen) atoms. The summed E-state index contributed by atoms with van der Waals surface area (Å²) in [5.74, 6) is -1.01. The molecule has 2 aromatic carbocycles. The van der Waals surface area contributed by atoms with Crippen LogP contribution >= 0.6 is 11.3 Å². The molecule has 0 aliphatic heterocycles. The molecular formula is C25H27N3O5S. The van der Waals surface area contributed by atoms with Gasteiger partial charge in [0.15, 0.2) is 5.13 Å². The monoisotopic (exact) mass is 481 g/mol. The highest BCUT2D eigenvalue weighted by molar-refractivity contribution is 7.15. The number of carbonyl (C=O) groups is 3. The number of rotatable bonds is 11.